The smallest absolute Gasteiger partial charge is 0.292 e. The summed E-state index contributed by atoms with van der Waals surface area (Å²) in [6.07, 6.45) is 2.22. The number of benzene rings is 1. The van der Waals surface area contributed by atoms with Crippen LogP contribution in [-0.4, -0.2) is 23.9 Å². The van der Waals surface area contributed by atoms with Crippen LogP contribution < -0.4 is 10.6 Å². The van der Waals surface area contributed by atoms with E-state index >= 15 is 0 Å². The third-order valence-corrected chi connectivity index (χ3v) is 3.61. The molecule has 1 aromatic rings. The normalized spacial score (nSPS) is 17.9. The molecule has 1 aliphatic rings. The number of nitrogens with zero attached hydrogens (tertiary/aromatic N) is 1. The van der Waals surface area contributed by atoms with Crippen LogP contribution >= 0.6 is 11.6 Å². The maximum Gasteiger partial charge on any atom is 0.292 e. The van der Waals surface area contributed by atoms with Gasteiger partial charge in [-0.15, -0.1) is 0 Å². The van der Waals surface area contributed by atoms with Crippen LogP contribution in [0.4, 0.5) is 11.4 Å². The van der Waals surface area contributed by atoms with Crippen molar-refractivity contribution in [2.24, 2.45) is 5.92 Å². The number of nitro groups is 1. The average Bonchev–Trinajstić information content (AvgIpc) is 2.89. The molecule has 0 spiro atoms. The largest absolute Gasteiger partial charge is 0.320 e. The van der Waals surface area contributed by atoms with Crippen molar-refractivity contribution in [3.63, 3.8) is 0 Å². The van der Waals surface area contributed by atoms with Crippen LogP contribution in [0, 0.1) is 16.0 Å². The lowest BCUT2D eigenvalue weighted by Crippen LogP contribution is -2.15. The van der Waals surface area contributed by atoms with Crippen LogP contribution in [0.2, 0.25) is 5.02 Å². The molecule has 0 bridgehead atoms. The fraction of sp³-hybridized carbons (Fsp3) is 0.462. The minimum absolute atomic E-state index is 0.148. The Kier molecular flexibility index (Phi) is 4.92. The minimum Gasteiger partial charge on any atom is -0.320 e. The molecule has 108 valence electrons. The number of hydrogen-bond donors (Lipinski definition) is 2. The predicted octanol–water partition coefficient (Wildman–Crippen LogP) is 2.58. The van der Waals surface area contributed by atoms with E-state index in [9.17, 15) is 14.9 Å². The molecule has 0 aliphatic carbocycles. The van der Waals surface area contributed by atoms with Gasteiger partial charge in [-0.25, -0.2) is 0 Å². The summed E-state index contributed by atoms with van der Waals surface area (Å²) in [5, 5.41) is 17.0. The third kappa shape index (κ3) is 3.91. The first-order chi connectivity index (χ1) is 9.56. The molecular formula is C13H16ClN3O3. The highest BCUT2D eigenvalue weighted by Crippen LogP contribution is 2.28. The molecule has 1 fully saturated rings. The molecule has 20 heavy (non-hydrogen) atoms. The van der Waals surface area contributed by atoms with Crippen molar-refractivity contribution in [1.29, 1.82) is 0 Å². The van der Waals surface area contributed by atoms with Gasteiger partial charge in [0.25, 0.3) is 5.69 Å². The van der Waals surface area contributed by atoms with Crippen molar-refractivity contribution in [3.8, 4) is 0 Å². The van der Waals surface area contributed by atoms with E-state index in [0.717, 1.165) is 25.9 Å². The number of anilines is 1. The third-order valence-electron chi connectivity index (χ3n) is 3.37. The molecule has 1 atom stereocenters. The topological polar surface area (TPSA) is 84.3 Å². The predicted molar refractivity (Wildman–Crippen MR) is 76.9 cm³/mol. The molecule has 7 heteroatoms. The van der Waals surface area contributed by atoms with Gasteiger partial charge in [0.2, 0.25) is 5.91 Å². The van der Waals surface area contributed by atoms with E-state index in [1.807, 2.05) is 0 Å². The fourth-order valence-corrected chi connectivity index (χ4v) is 2.45. The number of nitro benzene ring substituents is 1. The van der Waals surface area contributed by atoms with Gasteiger partial charge in [0.1, 0.15) is 5.69 Å². The SMILES string of the molecule is O=C(CCC1CCNC1)Nc1cc(Cl)ccc1[N+](=O)[O-]. The molecular weight excluding hydrogens is 282 g/mol. The Bertz CT molecular complexity index is 516. The van der Waals surface area contributed by atoms with Gasteiger partial charge in [-0.2, -0.15) is 0 Å². The Morgan fingerprint density at radius 1 is 1.55 bits per heavy atom. The van der Waals surface area contributed by atoms with Gasteiger partial charge >= 0.3 is 0 Å². The Morgan fingerprint density at radius 2 is 2.35 bits per heavy atom. The van der Waals surface area contributed by atoms with Crippen LogP contribution in [0.1, 0.15) is 19.3 Å². The van der Waals surface area contributed by atoms with Crippen molar-refractivity contribution in [3.05, 3.63) is 33.3 Å². The van der Waals surface area contributed by atoms with Gasteiger partial charge in [-0.05, 0) is 44.0 Å². The zero-order valence-electron chi connectivity index (χ0n) is 10.9. The van der Waals surface area contributed by atoms with Gasteiger partial charge in [-0.3, -0.25) is 14.9 Å². The summed E-state index contributed by atoms with van der Waals surface area (Å²) in [7, 11) is 0. The molecule has 1 aromatic carbocycles. The summed E-state index contributed by atoms with van der Waals surface area (Å²) in [6.45, 7) is 1.93. The lowest BCUT2D eigenvalue weighted by Gasteiger charge is -2.09. The fourth-order valence-electron chi connectivity index (χ4n) is 2.28. The van der Waals surface area contributed by atoms with Crippen LogP contribution in [-0.2, 0) is 4.79 Å². The molecule has 6 nitrogen and oxygen atoms in total. The molecule has 0 saturated carbocycles. The standard InChI is InChI=1S/C13H16ClN3O3/c14-10-2-3-12(17(19)20)11(7-10)16-13(18)4-1-9-5-6-15-8-9/h2-3,7,9,15H,1,4-6,8H2,(H,16,18). The van der Waals surface area contributed by atoms with Gasteiger partial charge in [0.15, 0.2) is 0 Å². The second-order valence-corrected chi connectivity index (χ2v) is 5.30. The molecule has 2 N–H and O–H groups in total. The van der Waals surface area contributed by atoms with E-state index < -0.39 is 4.92 Å². The minimum atomic E-state index is -0.535. The molecule has 1 heterocycles. The Balaban J connectivity index is 1.96. The van der Waals surface area contributed by atoms with Crippen molar-refractivity contribution < 1.29 is 9.72 Å². The molecule has 0 aromatic heterocycles. The summed E-state index contributed by atoms with van der Waals surface area (Å²) in [4.78, 5) is 22.2. The molecule has 1 saturated heterocycles. The zero-order chi connectivity index (χ0) is 14.5. The number of rotatable bonds is 5. The van der Waals surface area contributed by atoms with Crippen molar-refractivity contribution >= 4 is 28.9 Å². The number of carbonyl (C=O) groups excluding carboxylic acids is 1. The average molecular weight is 298 g/mol. The zero-order valence-corrected chi connectivity index (χ0v) is 11.7. The second-order valence-electron chi connectivity index (χ2n) is 4.86. The molecule has 1 aliphatic heterocycles. The Hall–Kier alpha value is -1.66. The van der Waals surface area contributed by atoms with E-state index in [1.54, 1.807) is 0 Å². The quantitative estimate of drug-likeness (QED) is 0.646. The maximum atomic E-state index is 11.9. The van der Waals surface area contributed by atoms with Crippen LogP contribution in [0.15, 0.2) is 18.2 Å². The van der Waals surface area contributed by atoms with Crippen molar-refractivity contribution in [1.82, 2.24) is 5.32 Å². The van der Waals surface area contributed by atoms with Gasteiger partial charge in [0, 0.05) is 17.5 Å². The number of amides is 1. The van der Waals surface area contributed by atoms with Gasteiger partial charge in [0.05, 0.1) is 4.92 Å². The first kappa shape index (κ1) is 14.7. The van der Waals surface area contributed by atoms with E-state index in [4.69, 9.17) is 11.6 Å². The number of nitrogens with one attached hydrogen (secondary N) is 2. The van der Waals surface area contributed by atoms with Crippen LogP contribution in [0.5, 0.6) is 0 Å². The molecule has 1 unspecified atom stereocenters. The molecule has 1 amide bonds. The molecule has 0 radical (unpaired) electrons. The van der Waals surface area contributed by atoms with Gasteiger partial charge in [-0.1, -0.05) is 11.6 Å². The lowest BCUT2D eigenvalue weighted by molar-refractivity contribution is -0.383. The summed E-state index contributed by atoms with van der Waals surface area (Å²) < 4.78 is 0. The van der Waals surface area contributed by atoms with E-state index in [1.165, 1.54) is 18.2 Å². The highest BCUT2D eigenvalue weighted by Gasteiger charge is 2.18. The number of halogens is 1. The van der Waals surface area contributed by atoms with Gasteiger partial charge < -0.3 is 10.6 Å². The Labute approximate surface area is 121 Å². The van der Waals surface area contributed by atoms with E-state index in [2.05, 4.69) is 10.6 Å². The van der Waals surface area contributed by atoms with Crippen LogP contribution in [0.25, 0.3) is 0 Å². The van der Waals surface area contributed by atoms with Crippen molar-refractivity contribution in [2.45, 2.75) is 19.3 Å². The van der Waals surface area contributed by atoms with Crippen molar-refractivity contribution in [2.75, 3.05) is 18.4 Å². The number of hydrogen-bond acceptors (Lipinski definition) is 4. The summed E-state index contributed by atoms with van der Waals surface area (Å²) in [6, 6.07) is 4.12. The highest BCUT2D eigenvalue weighted by molar-refractivity contribution is 6.31. The molecule has 2 rings (SSSR count). The highest BCUT2D eigenvalue weighted by atomic mass is 35.5. The Morgan fingerprint density at radius 3 is 3.00 bits per heavy atom. The van der Waals surface area contributed by atoms with Crippen LogP contribution in [0.3, 0.4) is 0 Å². The summed E-state index contributed by atoms with van der Waals surface area (Å²) >= 11 is 5.80. The summed E-state index contributed by atoms with van der Waals surface area (Å²) in [5.41, 5.74) is 0.00216. The lowest BCUT2D eigenvalue weighted by atomic mass is 10.0. The monoisotopic (exact) mass is 297 g/mol. The first-order valence-corrected chi connectivity index (χ1v) is 6.88. The van der Waals surface area contributed by atoms with E-state index in [-0.39, 0.29) is 17.3 Å². The maximum absolute atomic E-state index is 11.9. The number of carbonyl (C=O) groups is 1. The second kappa shape index (κ2) is 6.67. The first-order valence-electron chi connectivity index (χ1n) is 6.51. The summed E-state index contributed by atoms with van der Waals surface area (Å²) in [5.74, 6) is 0.289. The van der Waals surface area contributed by atoms with E-state index in [0.29, 0.717) is 17.4 Å².